The van der Waals surface area contributed by atoms with Crippen LogP contribution in [0.5, 0.6) is 5.75 Å². The molecule has 1 aromatic carbocycles. The van der Waals surface area contributed by atoms with Gasteiger partial charge in [0.25, 0.3) is 0 Å². The molecule has 0 bridgehead atoms. The maximum atomic E-state index is 10.9. The molecule has 0 fully saturated rings. The standard InChI is InChI=1S/C8H6INO4/c1-4(11)5-2-6(9)8(10(13)14)7(12)3-5/h2-3,12H,1H3. The van der Waals surface area contributed by atoms with Gasteiger partial charge in [0.2, 0.25) is 0 Å². The van der Waals surface area contributed by atoms with E-state index in [0.29, 0.717) is 0 Å². The lowest BCUT2D eigenvalue weighted by Crippen LogP contribution is -1.97. The van der Waals surface area contributed by atoms with E-state index in [9.17, 15) is 20.0 Å². The zero-order valence-electron chi connectivity index (χ0n) is 7.15. The highest BCUT2D eigenvalue weighted by atomic mass is 127. The van der Waals surface area contributed by atoms with Gasteiger partial charge in [-0.1, -0.05) is 0 Å². The second-order valence-corrected chi connectivity index (χ2v) is 3.80. The van der Waals surface area contributed by atoms with Crippen LogP contribution in [0.25, 0.3) is 0 Å². The van der Waals surface area contributed by atoms with Gasteiger partial charge < -0.3 is 5.11 Å². The largest absolute Gasteiger partial charge is 0.502 e. The fraction of sp³-hybridized carbons (Fsp3) is 0.125. The zero-order chi connectivity index (χ0) is 10.9. The van der Waals surface area contributed by atoms with E-state index in [1.165, 1.54) is 13.0 Å². The van der Waals surface area contributed by atoms with Crippen LogP contribution in [0.1, 0.15) is 17.3 Å². The van der Waals surface area contributed by atoms with Crippen molar-refractivity contribution in [3.8, 4) is 5.75 Å². The van der Waals surface area contributed by atoms with Gasteiger partial charge in [-0.15, -0.1) is 0 Å². The van der Waals surface area contributed by atoms with Gasteiger partial charge in [0.15, 0.2) is 11.5 Å². The number of benzene rings is 1. The number of nitrogens with zero attached hydrogens (tertiary/aromatic N) is 1. The van der Waals surface area contributed by atoms with E-state index >= 15 is 0 Å². The number of rotatable bonds is 2. The summed E-state index contributed by atoms with van der Waals surface area (Å²) in [6.07, 6.45) is 0. The maximum Gasteiger partial charge on any atom is 0.323 e. The third-order valence-electron chi connectivity index (χ3n) is 1.63. The monoisotopic (exact) mass is 307 g/mol. The number of phenols is 1. The molecule has 0 radical (unpaired) electrons. The first kappa shape index (κ1) is 10.9. The van der Waals surface area contributed by atoms with Crippen LogP contribution in [-0.4, -0.2) is 15.8 Å². The van der Waals surface area contributed by atoms with E-state index in [2.05, 4.69) is 0 Å². The summed E-state index contributed by atoms with van der Waals surface area (Å²) in [5, 5.41) is 19.8. The van der Waals surface area contributed by atoms with Crippen LogP contribution in [-0.2, 0) is 0 Å². The first-order valence-electron chi connectivity index (χ1n) is 3.61. The first-order chi connectivity index (χ1) is 6.43. The maximum absolute atomic E-state index is 10.9. The van der Waals surface area contributed by atoms with Gasteiger partial charge in [0.05, 0.1) is 8.49 Å². The number of nitro groups is 1. The summed E-state index contributed by atoms with van der Waals surface area (Å²) >= 11 is 1.71. The molecule has 0 aliphatic carbocycles. The molecule has 0 aliphatic heterocycles. The Morgan fingerprint density at radius 2 is 2.14 bits per heavy atom. The highest BCUT2D eigenvalue weighted by Gasteiger charge is 2.20. The Morgan fingerprint density at radius 3 is 2.50 bits per heavy atom. The zero-order valence-corrected chi connectivity index (χ0v) is 9.31. The molecule has 74 valence electrons. The minimum absolute atomic E-state index is 0.242. The van der Waals surface area contributed by atoms with Crippen LogP contribution < -0.4 is 0 Å². The quantitative estimate of drug-likeness (QED) is 0.393. The highest BCUT2D eigenvalue weighted by molar-refractivity contribution is 14.1. The topological polar surface area (TPSA) is 80.4 Å². The fourth-order valence-corrected chi connectivity index (χ4v) is 1.78. The van der Waals surface area contributed by atoms with E-state index in [-0.39, 0.29) is 20.6 Å². The van der Waals surface area contributed by atoms with E-state index in [1.54, 1.807) is 22.6 Å². The predicted molar refractivity (Wildman–Crippen MR) is 57.5 cm³/mol. The molecular weight excluding hydrogens is 301 g/mol. The number of hydrogen-bond donors (Lipinski definition) is 1. The Labute approximate surface area is 93.0 Å². The average molecular weight is 307 g/mol. The highest BCUT2D eigenvalue weighted by Crippen LogP contribution is 2.32. The molecule has 0 aliphatic rings. The van der Waals surface area contributed by atoms with Gasteiger partial charge in [-0.3, -0.25) is 14.9 Å². The molecule has 1 aromatic rings. The normalized spacial score (nSPS) is 9.86. The molecule has 0 saturated heterocycles. The predicted octanol–water partition coefficient (Wildman–Crippen LogP) is 2.11. The molecule has 14 heavy (non-hydrogen) atoms. The summed E-state index contributed by atoms with van der Waals surface area (Å²) in [6, 6.07) is 2.48. The van der Waals surface area contributed by atoms with Crippen molar-refractivity contribution in [2.24, 2.45) is 0 Å². The van der Waals surface area contributed by atoms with Gasteiger partial charge in [0, 0.05) is 5.56 Å². The van der Waals surface area contributed by atoms with Crippen LogP contribution in [0.3, 0.4) is 0 Å². The van der Waals surface area contributed by atoms with Crippen LogP contribution >= 0.6 is 22.6 Å². The second kappa shape index (κ2) is 3.91. The van der Waals surface area contributed by atoms with Gasteiger partial charge in [0.1, 0.15) is 0 Å². The Bertz CT molecular complexity index is 393. The second-order valence-electron chi connectivity index (χ2n) is 2.64. The molecular formula is C8H6INO4. The van der Waals surface area contributed by atoms with Crippen molar-refractivity contribution in [1.29, 1.82) is 0 Å². The van der Waals surface area contributed by atoms with Crippen LogP contribution in [0.4, 0.5) is 5.69 Å². The lowest BCUT2D eigenvalue weighted by Gasteiger charge is -2.01. The SMILES string of the molecule is CC(=O)c1cc(O)c([N+](=O)[O-])c(I)c1. The van der Waals surface area contributed by atoms with Crippen molar-refractivity contribution in [2.75, 3.05) is 0 Å². The number of hydrogen-bond acceptors (Lipinski definition) is 4. The summed E-state index contributed by atoms with van der Waals surface area (Å²) in [5.41, 5.74) is -0.104. The molecule has 1 rings (SSSR count). The van der Waals surface area contributed by atoms with Crippen molar-refractivity contribution in [2.45, 2.75) is 6.92 Å². The number of halogens is 1. The van der Waals surface area contributed by atoms with Crippen LogP contribution in [0, 0.1) is 13.7 Å². The summed E-state index contributed by atoms with van der Waals surface area (Å²) < 4.78 is 0.248. The van der Waals surface area contributed by atoms with E-state index in [1.807, 2.05) is 0 Å². The number of carbonyl (C=O) groups is 1. The average Bonchev–Trinajstić information content (AvgIpc) is 2.01. The molecule has 0 amide bonds. The summed E-state index contributed by atoms with van der Waals surface area (Å²) in [5.74, 6) is -0.722. The number of carbonyl (C=O) groups excluding carboxylic acids is 1. The third-order valence-corrected chi connectivity index (χ3v) is 2.45. The van der Waals surface area contributed by atoms with E-state index < -0.39 is 10.7 Å². The Balaban J connectivity index is 3.39. The van der Waals surface area contributed by atoms with Gasteiger partial charge in [-0.05, 0) is 41.6 Å². The molecule has 0 spiro atoms. The van der Waals surface area contributed by atoms with E-state index in [0.717, 1.165) is 6.07 Å². The molecule has 5 nitrogen and oxygen atoms in total. The molecule has 1 N–H and O–H groups in total. The Morgan fingerprint density at radius 1 is 1.57 bits per heavy atom. The lowest BCUT2D eigenvalue weighted by atomic mass is 10.1. The lowest BCUT2D eigenvalue weighted by molar-refractivity contribution is -0.386. The smallest absolute Gasteiger partial charge is 0.323 e. The number of aromatic hydroxyl groups is 1. The number of ketones is 1. The summed E-state index contributed by atoms with van der Waals surface area (Å²) in [7, 11) is 0. The number of Topliss-reactive ketones (excluding diaryl/α,β-unsaturated/α-hetero) is 1. The Kier molecular flexibility index (Phi) is 3.04. The van der Waals surface area contributed by atoms with Gasteiger partial charge in [-0.2, -0.15) is 0 Å². The van der Waals surface area contributed by atoms with E-state index in [4.69, 9.17) is 0 Å². The van der Waals surface area contributed by atoms with Gasteiger partial charge in [-0.25, -0.2) is 0 Å². The Hall–Kier alpha value is -1.18. The minimum Gasteiger partial charge on any atom is -0.502 e. The third kappa shape index (κ3) is 2.00. The molecule has 0 unspecified atom stereocenters. The van der Waals surface area contributed by atoms with Gasteiger partial charge >= 0.3 is 5.69 Å². The molecule has 0 heterocycles. The molecule has 6 heteroatoms. The molecule has 0 aromatic heterocycles. The molecule has 0 saturated carbocycles. The van der Waals surface area contributed by atoms with Crippen molar-refractivity contribution in [3.05, 3.63) is 31.4 Å². The summed E-state index contributed by atoms with van der Waals surface area (Å²) in [4.78, 5) is 20.7. The minimum atomic E-state index is -0.680. The van der Waals surface area contributed by atoms with Crippen LogP contribution in [0.2, 0.25) is 0 Å². The number of phenolic OH excluding ortho intramolecular Hbond substituents is 1. The fourth-order valence-electron chi connectivity index (χ4n) is 0.969. The summed E-state index contributed by atoms with van der Waals surface area (Å²) in [6.45, 7) is 1.33. The van der Waals surface area contributed by atoms with Crippen molar-refractivity contribution < 1.29 is 14.8 Å². The van der Waals surface area contributed by atoms with Crippen molar-refractivity contribution in [1.82, 2.24) is 0 Å². The first-order valence-corrected chi connectivity index (χ1v) is 4.69. The van der Waals surface area contributed by atoms with Crippen molar-refractivity contribution in [3.63, 3.8) is 0 Å². The van der Waals surface area contributed by atoms with Crippen molar-refractivity contribution >= 4 is 34.1 Å². The molecule has 0 atom stereocenters. The van der Waals surface area contributed by atoms with Crippen LogP contribution in [0.15, 0.2) is 12.1 Å². The number of nitro benzene ring substituents is 1.